The van der Waals surface area contributed by atoms with E-state index in [4.69, 9.17) is 0 Å². The largest absolute Gasteiger partial charge is 0.303 e. The predicted molar refractivity (Wildman–Crippen MR) is 79.9 cm³/mol. The Balaban J connectivity index is 0.00000162. The predicted octanol–water partition coefficient (Wildman–Crippen LogP) is 3.01. The molecule has 0 atom stereocenters. The van der Waals surface area contributed by atoms with Gasteiger partial charge in [-0.05, 0) is 43.4 Å². The molecule has 102 valence electrons. The molecule has 1 saturated heterocycles. The fourth-order valence-electron chi connectivity index (χ4n) is 2.27. The van der Waals surface area contributed by atoms with Crippen LogP contribution in [0.4, 0.5) is 5.00 Å². The van der Waals surface area contributed by atoms with E-state index in [0.717, 1.165) is 18.1 Å². The van der Waals surface area contributed by atoms with E-state index >= 15 is 0 Å². The van der Waals surface area contributed by atoms with E-state index in [2.05, 4.69) is 4.90 Å². The lowest BCUT2D eigenvalue weighted by molar-refractivity contribution is -0.116. The maximum Gasteiger partial charge on any atom is 0.224 e. The van der Waals surface area contributed by atoms with E-state index in [1.807, 2.05) is 22.4 Å². The van der Waals surface area contributed by atoms with Gasteiger partial charge in [0.15, 0.2) is 0 Å². The van der Waals surface area contributed by atoms with Crippen LogP contribution < -0.4 is 4.90 Å². The zero-order valence-electron chi connectivity index (χ0n) is 10.8. The SMILES string of the molecule is CC(=O)N(CCN1CCCCC1)c1cccs1.Cl. The lowest BCUT2D eigenvalue weighted by Gasteiger charge is -2.29. The second-order valence-corrected chi connectivity index (χ2v) is 5.45. The van der Waals surface area contributed by atoms with Gasteiger partial charge < -0.3 is 9.80 Å². The smallest absolute Gasteiger partial charge is 0.224 e. The maximum absolute atomic E-state index is 11.6. The highest BCUT2D eigenvalue weighted by Crippen LogP contribution is 2.21. The summed E-state index contributed by atoms with van der Waals surface area (Å²) in [6.07, 6.45) is 3.97. The minimum Gasteiger partial charge on any atom is -0.303 e. The lowest BCUT2D eigenvalue weighted by Crippen LogP contribution is -2.39. The maximum atomic E-state index is 11.6. The van der Waals surface area contributed by atoms with Crippen molar-refractivity contribution >= 4 is 34.7 Å². The van der Waals surface area contributed by atoms with Crippen molar-refractivity contribution in [1.29, 1.82) is 0 Å². The molecular weight excluding hydrogens is 268 g/mol. The molecule has 0 radical (unpaired) electrons. The molecule has 1 fully saturated rings. The number of likely N-dealkylation sites (tertiary alicyclic amines) is 1. The summed E-state index contributed by atoms with van der Waals surface area (Å²) in [5.41, 5.74) is 0. The van der Waals surface area contributed by atoms with Gasteiger partial charge in [0.25, 0.3) is 0 Å². The minimum atomic E-state index is 0. The highest BCUT2D eigenvalue weighted by molar-refractivity contribution is 7.14. The Morgan fingerprint density at radius 1 is 1.39 bits per heavy atom. The number of rotatable bonds is 4. The van der Waals surface area contributed by atoms with E-state index < -0.39 is 0 Å². The Bertz CT molecular complexity index is 350. The third-order valence-corrected chi connectivity index (χ3v) is 4.13. The van der Waals surface area contributed by atoms with Crippen LogP contribution in [-0.2, 0) is 4.79 Å². The first-order valence-corrected chi connectivity index (χ1v) is 7.19. The first-order chi connectivity index (χ1) is 8.27. The van der Waals surface area contributed by atoms with Crippen LogP contribution in [0.25, 0.3) is 0 Å². The van der Waals surface area contributed by atoms with Crippen molar-refractivity contribution in [2.75, 3.05) is 31.1 Å². The van der Waals surface area contributed by atoms with Gasteiger partial charge >= 0.3 is 0 Å². The summed E-state index contributed by atoms with van der Waals surface area (Å²) < 4.78 is 0. The third-order valence-electron chi connectivity index (χ3n) is 3.24. The van der Waals surface area contributed by atoms with Crippen LogP contribution >= 0.6 is 23.7 Å². The Morgan fingerprint density at radius 3 is 2.67 bits per heavy atom. The topological polar surface area (TPSA) is 23.6 Å². The Morgan fingerprint density at radius 2 is 2.11 bits per heavy atom. The highest BCUT2D eigenvalue weighted by Gasteiger charge is 2.15. The quantitative estimate of drug-likeness (QED) is 0.850. The number of nitrogens with zero attached hydrogens (tertiary/aromatic N) is 2. The molecule has 0 aliphatic carbocycles. The first-order valence-electron chi connectivity index (χ1n) is 6.31. The molecule has 0 spiro atoms. The Labute approximate surface area is 119 Å². The third kappa shape index (κ3) is 4.26. The summed E-state index contributed by atoms with van der Waals surface area (Å²) in [5.74, 6) is 0.143. The van der Waals surface area contributed by atoms with Gasteiger partial charge in [-0.25, -0.2) is 0 Å². The molecule has 0 saturated carbocycles. The summed E-state index contributed by atoms with van der Waals surface area (Å²) in [6, 6.07) is 4.01. The number of carbonyl (C=O) groups is 1. The van der Waals surface area contributed by atoms with Crippen molar-refractivity contribution in [3.05, 3.63) is 17.5 Å². The molecule has 1 aliphatic rings. The molecule has 0 aromatic carbocycles. The van der Waals surface area contributed by atoms with E-state index in [1.165, 1.54) is 32.4 Å². The molecule has 1 amide bonds. The molecule has 1 aliphatic heterocycles. The van der Waals surface area contributed by atoms with Crippen molar-refractivity contribution < 1.29 is 4.79 Å². The molecule has 5 heteroatoms. The van der Waals surface area contributed by atoms with Crippen molar-refractivity contribution in [3.8, 4) is 0 Å². The van der Waals surface area contributed by atoms with Gasteiger partial charge in [-0.1, -0.05) is 6.42 Å². The number of hydrogen-bond donors (Lipinski definition) is 0. The number of anilines is 1. The van der Waals surface area contributed by atoms with Gasteiger partial charge in [-0.3, -0.25) is 4.79 Å². The molecular formula is C13H21ClN2OS. The van der Waals surface area contributed by atoms with Crippen LogP contribution in [0.2, 0.25) is 0 Å². The van der Waals surface area contributed by atoms with Crippen LogP contribution in [0.15, 0.2) is 17.5 Å². The summed E-state index contributed by atoms with van der Waals surface area (Å²) in [5, 5.41) is 3.08. The molecule has 1 aromatic rings. The van der Waals surface area contributed by atoms with E-state index in [9.17, 15) is 4.79 Å². The summed E-state index contributed by atoms with van der Waals surface area (Å²) >= 11 is 1.63. The van der Waals surface area contributed by atoms with Crippen LogP contribution in [0.3, 0.4) is 0 Å². The summed E-state index contributed by atoms with van der Waals surface area (Å²) in [4.78, 5) is 16.0. The number of hydrogen-bond acceptors (Lipinski definition) is 3. The van der Waals surface area contributed by atoms with Gasteiger partial charge in [0.05, 0.1) is 5.00 Å². The van der Waals surface area contributed by atoms with Crippen LogP contribution in [0, 0.1) is 0 Å². The molecule has 3 nitrogen and oxygen atoms in total. The minimum absolute atomic E-state index is 0. The molecule has 18 heavy (non-hydrogen) atoms. The molecule has 1 aromatic heterocycles. The standard InChI is InChI=1S/C13H20N2OS.ClH/c1-12(16)15(13-6-5-11-17-13)10-9-14-7-3-2-4-8-14;/h5-6,11H,2-4,7-10H2,1H3;1H. The zero-order valence-corrected chi connectivity index (χ0v) is 12.4. The first kappa shape index (κ1) is 15.5. The fraction of sp³-hybridized carbons (Fsp3) is 0.615. The number of piperidine rings is 1. The van der Waals surface area contributed by atoms with Crippen molar-refractivity contribution in [2.24, 2.45) is 0 Å². The van der Waals surface area contributed by atoms with Gasteiger partial charge in [0.2, 0.25) is 5.91 Å². The molecule has 2 heterocycles. The average molecular weight is 289 g/mol. The molecule has 2 rings (SSSR count). The van der Waals surface area contributed by atoms with Crippen LogP contribution in [-0.4, -0.2) is 37.0 Å². The summed E-state index contributed by atoms with van der Waals surface area (Å²) in [7, 11) is 0. The fourth-order valence-corrected chi connectivity index (χ4v) is 3.07. The second-order valence-electron chi connectivity index (χ2n) is 4.52. The normalized spacial score (nSPS) is 16.1. The van der Waals surface area contributed by atoms with Crippen LogP contribution in [0.5, 0.6) is 0 Å². The summed E-state index contributed by atoms with van der Waals surface area (Å²) in [6.45, 7) is 5.84. The highest BCUT2D eigenvalue weighted by atomic mass is 35.5. The molecule has 0 N–H and O–H groups in total. The van der Waals surface area contributed by atoms with E-state index in [0.29, 0.717) is 0 Å². The number of thiophene rings is 1. The average Bonchev–Trinajstić information content (AvgIpc) is 2.84. The van der Waals surface area contributed by atoms with Crippen molar-refractivity contribution in [2.45, 2.75) is 26.2 Å². The van der Waals surface area contributed by atoms with E-state index in [-0.39, 0.29) is 18.3 Å². The van der Waals surface area contributed by atoms with Crippen molar-refractivity contribution in [3.63, 3.8) is 0 Å². The number of halogens is 1. The Hall–Kier alpha value is -0.580. The van der Waals surface area contributed by atoms with Gasteiger partial charge in [0.1, 0.15) is 0 Å². The van der Waals surface area contributed by atoms with Crippen molar-refractivity contribution in [1.82, 2.24) is 4.90 Å². The zero-order chi connectivity index (χ0) is 12.1. The van der Waals surface area contributed by atoms with Gasteiger partial charge in [-0.15, -0.1) is 23.7 Å². The molecule has 0 unspecified atom stereocenters. The van der Waals surface area contributed by atoms with Crippen LogP contribution in [0.1, 0.15) is 26.2 Å². The monoisotopic (exact) mass is 288 g/mol. The second kappa shape index (κ2) is 7.77. The van der Waals surface area contributed by atoms with E-state index in [1.54, 1.807) is 18.3 Å². The van der Waals surface area contributed by atoms with Gasteiger partial charge in [0, 0.05) is 20.0 Å². The Kier molecular flexibility index (Phi) is 6.68. The lowest BCUT2D eigenvalue weighted by atomic mass is 10.1. The number of amides is 1. The van der Waals surface area contributed by atoms with Gasteiger partial charge in [-0.2, -0.15) is 0 Å². The molecule has 0 bridgehead atoms. The number of carbonyl (C=O) groups excluding carboxylic acids is 1.